The van der Waals surface area contributed by atoms with E-state index in [4.69, 9.17) is 5.84 Å². The van der Waals surface area contributed by atoms with E-state index in [9.17, 15) is 0 Å². The highest BCUT2D eigenvalue weighted by atomic mass is 32.2. The standard InChI is InChI=1S/C11H24N2S2/c1-2-3-4-5-6-10(13-12)11-9-14-7-8-15-11/h10-11,13H,2-9,12H2,1H3. The van der Waals surface area contributed by atoms with Crippen molar-refractivity contribution in [2.45, 2.75) is 50.3 Å². The van der Waals surface area contributed by atoms with Gasteiger partial charge in [-0.25, -0.2) is 0 Å². The van der Waals surface area contributed by atoms with Gasteiger partial charge in [0.1, 0.15) is 0 Å². The third-order valence-corrected chi connectivity index (χ3v) is 5.79. The van der Waals surface area contributed by atoms with Crippen LogP contribution < -0.4 is 11.3 Å². The number of hydrogen-bond donors (Lipinski definition) is 2. The lowest BCUT2D eigenvalue weighted by Crippen LogP contribution is -2.44. The smallest absolute Gasteiger partial charge is 0.0337 e. The molecule has 1 rings (SSSR count). The van der Waals surface area contributed by atoms with Crippen molar-refractivity contribution in [1.82, 2.24) is 5.43 Å². The Morgan fingerprint density at radius 2 is 2.20 bits per heavy atom. The summed E-state index contributed by atoms with van der Waals surface area (Å²) >= 11 is 4.17. The second kappa shape index (κ2) is 8.74. The number of hydrazine groups is 1. The number of thioether (sulfide) groups is 2. The van der Waals surface area contributed by atoms with Gasteiger partial charge in [0.25, 0.3) is 0 Å². The minimum Gasteiger partial charge on any atom is -0.271 e. The predicted octanol–water partition coefficient (Wildman–Crippen LogP) is 2.64. The average molecular weight is 248 g/mol. The fourth-order valence-corrected chi connectivity index (χ4v) is 4.82. The van der Waals surface area contributed by atoms with Crippen LogP contribution in [0.2, 0.25) is 0 Å². The molecular weight excluding hydrogens is 224 g/mol. The molecule has 2 atom stereocenters. The Kier molecular flexibility index (Phi) is 7.97. The van der Waals surface area contributed by atoms with E-state index in [2.05, 4.69) is 35.9 Å². The first kappa shape index (κ1) is 13.7. The quantitative estimate of drug-likeness (QED) is 0.413. The normalized spacial score (nSPS) is 24.0. The maximum absolute atomic E-state index is 5.65. The Morgan fingerprint density at radius 3 is 2.80 bits per heavy atom. The summed E-state index contributed by atoms with van der Waals surface area (Å²) in [4.78, 5) is 0. The van der Waals surface area contributed by atoms with Crippen LogP contribution in [0.4, 0.5) is 0 Å². The molecular formula is C11H24N2S2. The van der Waals surface area contributed by atoms with Crippen LogP contribution in [-0.4, -0.2) is 28.6 Å². The molecule has 0 aromatic rings. The van der Waals surface area contributed by atoms with Gasteiger partial charge in [0.15, 0.2) is 0 Å². The van der Waals surface area contributed by atoms with Crippen molar-refractivity contribution in [2.75, 3.05) is 17.3 Å². The van der Waals surface area contributed by atoms with Crippen LogP contribution in [0, 0.1) is 0 Å². The summed E-state index contributed by atoms with van der Waals surface area (Å²) in [6.07, 6.45) is 6.61. The molecule has 1 fully saturated rings. The predicted molar refractivity (Wildman–Crippen MR) is 73.4 cm³/mol. The van der Waals surface area contributed by atoms with E-state index >= 15 is 0 Å². The van der Waals surface area contributed by atoms with E-state index in [0.29, 0.717) is 6.04 Å². The van der Waals surface area contributed by atoms with Gasteiger partial charge in [-0.1, -0.05) is 32.6 Å². The SMILES string of the molecule is CCCCCCC(NN)C1CSCCS1. The molecule has 3 N–H and O–H groups in total. The highest BCUT2D eigenvalue weighted by Gasteiger charge is 2.22. The van der Waals surface area contributed by atoms with Crippen LogP contribution in [-0.2, 0) is 0 Å². The Bertz CT molecular complexity index is 150. The zero-order chi connectivity index (χ0) is 10.9. The first-order valence-electron chi connectivity index (χ1n) is 6.04. The lowest BCUT2D eigenvalue weighted by atomic mass is 10.1. The Balaban J connectivity index is 2.15. The third-order valence-electron chi connectivity index (χ3n) is 2.87. The highest BCUT2D eigenvalue weighted by molar-refractivity contribution is 8.06. The lowest BCUT2D eigenvalue weighted by molar-refractivity contribution is 0.464. The molecule has 0 aliphatic carbocycles. The fraction of sp³-hybridized carbons (Fsp3) is 1.00. The molecule has 0 amide bonds. The van der Waals surface area contributed by atoms with Gasteiger partial charge in [-0.05, 0) is 6.42 Å². The van der Waals surface area contributed by atoms with Crippen LogP contribution >= 0.6 is 23.5 Å². The summed E-state index contributed by atoms with van der Waals surface area (Å²) in [7, 11) is 0. The van der Waals surface area contributed by atoms with Gasteiger partial charge in [-0.15, -0.1) is 0 Å². The molecule has 0 saturated carbocycles. The molecule has 2 unspecified atom stereocenters. The molecule has 1 saturated heterocycles. The largest absolute Gasteiger partial charge is 0.271 e. The highest BCUT2D eigenvalue weighted by Crippen LogP contribution is 2.28. The van der Waals surface area contributed by atoms with E-state index in [-0.39, 0.29) is 0 Å². The molecule has 90 valence electrons. The number of unbranched alkanes of at least 4 members (excludes halogenated alkanes) is 3. The second-order valence-electron chi connectivity index (χ2n) is 4.11. The minimum atomic E-state index is 0.527. The van der Waals surface area contributed by atoms with Crippen LogP contribution in [0.1, 0.15) is 39.0 Å². The first-order valence-corrected chi connectivity index (χ1v) is 8.24. The summed E-state index contributed by atoms with van der Waals surface area (Å²) in [6.45, 7) is 2.26. The molecule has 0 spiro atoms. The zero-order valence-corrected chi connectivity index (χ0v) is 11.3. The van der Waals surface area contributed by atoms with Crippen molar-refractivity contribution < 1.29 is 0 Å². The molecule has 1 aliphatic heterocycles. The van der Waals surface area contributed by atoms with Gasteiger partial charge in [-0.2, -0.15) is 23.5 Å². The van der Waals surface area contributed by atoms with Crippen molar-refractivity contribution in [3.8, 4) is 0 Å². The third kappa shape index (κ3) is 5.48. The molecule has 0 radical (unpaired) electrons. The minimum absolute atomic E-state index is 0.527. The second-order valence-corrected chi connectivity index (χ2v) is 6.60. The molecule has 1 aliphatic rings. The molecule has 1 heterocycles. The number of hydrogen-bond acceptors (Lipinski definition) is 4. The van der Waals surface area contributed by atoms with Gasteiger partial charge < -0.3 is 0 Å². The number of nitrogens with one attached hydrogen (secondary N) is 1. The molecule has 0 aromatic heterocycles. The zero-order valence-electron chi connectivity index (χ0n) is 9.71. The summed E-state index contributed by atoms with van der Waals surface area (Å²) < 4.78 is 0. The van der Waals surface area contributed by atoms with Crippen LogP contribution in [0.3, 0.4) is 0 Å². The van der Waals surface area contributed by atoms with E-state index in [1.807, 2.05) is 0 Å². The van der Waals surface area contributed by atoms with Gasteiger partial charge in [0.2, 0.25) is 0 Å². The monoisotopic (exact) mass is 248 g/mol. The van der Waals surface area contributed by atoms with Crippen molar-refractivity contribution in [1.29, 1.82) is 0 Å². The van der Waals surface area contributed by atoms with Crippen LogP contribution in [0.5, 0.6) is 0 Å². The summed E-state index contributed by atoms with van der Waals surface area (Å²) in [5, 5.41) is 0.732. The molecule has 2 nitrogen and oxygen atoms in total. The molecule has 0 bridgehead atoms. The van der Waals surface area contributed by atoms with Crippen LogP contribution in [0.25, 0.3) is 0 Å². The Hall–Kier alpha value is 0.620. The molecule has 4 heteroatoms. The van der Waals surface area contributed by atoms with Gasteiger partial charge in [0.05, 0.1) is 0 Å². The van der Waals surface area contributed by atoms with Gasteiger partial charge in [0, 0.05) is 28.6 Å². The average Bonchev–Trinajstić information content (AvgIpc) is 2.30. The van der Waals surface area contributed by atoms with Crippen molar-refractivity contribution in [3.05, 3.63) is 0 Å². The summed E-state index contributed by atoms with van der Waals surface area (Å²) in [6, 6.07) is 0.527. The van der Waals surface area contributed by atoms with Crippen molar-refractivity contribution in [3.63, 3.8) is 0 Å². The van der Waals surface area contributed by atoms with Gasteiger partial charge >= 0.3 is 0 Å². The Labute approximate surface area is 102 Å². The lowest BCUT2D eigenvalue weighted by Gasteiger charge is -2.29. The molecule has 0 aromatic carbocycles. The van der Waals surface area contributed by atoms with Crippen molar-refractivity contribution in [2.24, 2.45) is 5.84 Å². The topological polar surface area (TPSA) is 38.0 Å². The molecule has 15 heavy (non-hydrogen) atoms. The fourth-order valence-electron chi connectivity index (χ4n) is 1.91. The van der Waals surface area contributed by atoms with Crippen LogP contribution in [0.15, 0.2) is 0 Å². The summed E-state index contributed by atoms with van der Waals surface area (Å²) in [5.41, 5.74) is 3.01. The van der Waals surface area contributed by atoms with Crippen molar-refractivity contribution >= 4 is 23.5 Å². The summed E-state index contributed by atoms with van der Waals surface area (Å²) in [5.74, 6) is 9.52. The van der Waals surface area contributed by atoms with E-state index in [1.165, 1.54) is 49.4 Å². The van der Waals surface area contributed by atoms with E-state index < -0.39 is 0 Å². The first-order chi connectivity index (χ1) is 7.38. The maximum atomic E-state index is 5.65. The van der Waals surface area contributed by atoms with Gasteiger partial charge in [-0.3, -0.25) is 11.3 Å². The maximum Gasteiger partial charge on any atom is 0.0337 e. The van der Waals surface area contributed by atoms with E-state index in [1.54, 1.807) is 0 Å². The number of nitrogens with two attached hydrogens (primary N) is 1. The Morgan fingerprint density at radius 1 is 1.33 bits per heavy atom. The van der Waals surface area contributed by atoms with E-state index in [0.717, 1.165) is 5.25 Å². The number of rotatable bonds is 7.